The van der Waals surface area contributed by atoms with Crippen LogP contribution in [-0.4, -0.2) is 24.3 Å². The van der Waals surface area contributed by atoms with Crippen molar-refractivity contribution in [1.29, 1.82) is 0 Å². The summed E-state index contributed by atoms with van der Waals surface area (Å²) in [7, 11) is 0. The van der Waals surface area contributed by atoms with Crippen LogP contribution in [0.15, 0.2) is 4.42 Å². The van der Waals surface area contributed by atoms with Crippen molar-refractivity contribution in [3.63, 3.8) is 0 Å². The van der Waals surface area contributed by atoms with E-state index in [0.717, 1.165) is 37.4 Å². The maximum Gasteiger partial charge on any atom is 0.339 e. The molecular formula is C14H20O4. The minimum atomic E-state index is -0.891. The standard InChI is InChI=1S/C14H20O4/c1-8(2)12-11(14(15)16)9(3)13(18-12)10-4-6-17-7-5-10/h8,10H,4-7H2,1-3H3,(H,15,16). The highest BCUT2D eigenvalue weighted by atomic mass is 16.5. The van der Waals surface area contributed by atoms with Gasteiger partial charge in [-0.3, -0.25) is 0 Å². The molecule has 2 heterocycles. The van der Waals surface area contributed by atoms with Gasteiger partial charge in [0.15, 0.2) is 0 Å². The number of aromatic carboxylic acids is 1. The van der Waals surface area contributed by atoms with Crippen molar-refractivity contribution in [1.82, 2.24) is 0 Å². The second-order valence-electron chi connectivity index (χ2n) is 5.18. The fourth-order valence-electron chi connectivity index (χ4n) is 2.58. The Morgan fingerprint density at radius 2 is 1.94 bits per heavy atom. The van der Waals surface area contributed by atoms with E-state index in [-0.39, 0.29) is 5.92 Å². The number of ether oxygens (including phenoxy) is 1. The third-order valence-electron chi connectivity index (χ3n) is 3.54. The van der Waals surface area contributed by atoms with Crippen LogP contribution in [0.25, 0.3) is 0 Å². The molecule has 1 fully saturated rings. The first kappa shape index (κ1) is 13.1. The lowest BCUT2D eigenvalue weighted by Gasteiger charge is -2.20. The summed E-state index contributed by atoms with van der Waals surface area (Å²) in [5, 5.41) is 9.32. The molecule has 1 aromatic heterocycles. The molecule has 0 aromatic carbocycles. The normalized spacial score (nSPS) is 17.3. The van der Waals surface area contributed by atoms with Crippen LogP contribution < -0.4 is 0 Å². The fraction of sp³-hybridized carbons (Fsp3) is 0.643. The summed E-state index contributed by atoms with van der Waals surface area (Å²) in [6.07, 6.45) is 1.82. The molecule has 4 nitrogen and oxygen atoms in total. The molecule has 2 rings (SSSR count). The summed E-state index contributed by atoms with van der Waals surface area (Å²) in [6, 6.07) is 0. The number of carboxylic acid groups (broad SMARTS) is 1. The lowest BCUT2D eigenvalue weighted by molar-refractivity contribution is 0.0693. The molecule has 0 radical (unpaired) electrons. The van der Waals surface area contributed by atoms with Gasteiger partial charge in [-0.25, -0.2) is 4.79 Å². The first-order chi connectivity index (χ1) is 8.52. The van der Waals surface area contributed by atoms with Gasteiger partial charge < -0.3 is 14.3 Å². The van der Waals surface area contributed by atoms with Gasteiger partial charge in [-0.05, 0) is 19.8 Å². The highest BCUT2D eigenvalue weighted by Crippen LogP contribution is 2.36. The van der Waals surface area contributed by atoms with Crippen molar-refractivity contribution in [2.75, 3.05) is 13.2 Å². The molecule has 0 amide bonds. The summed E-state index contributed by atoms with van der Waals surface area (Å²) < 4.78 is 11.2. The van der Waals surface area contributed by atoms with Crippen LogP contribution in [0.2, 0.25) is 0 Å². The van der Waals surface area contributed by atoms with Crippen LogP contribution in [0.3, 0.4) is 0 Å². The Bertz CT molecular complexity index is 439. The molecule has 18 heavy (non-hydrogen) atoms. The van der Waals surface area contributed by atoms with E-state index in [0.29, 0.717) is 17.2 Å². The highest BCUT2D eigenvalue weighted by molar-refractivity contribution is 5.91. The molecule has 1 saturated heterocycles. The van der Waals surface area contributed by atoms with E-state index in [4.69, 9.17) is 9.15 Å². The molecule has 0 bridgehead atoms. The molecule has 1 aromatic rings. The SMILES string of the molecule is Cc1c(C2CCOCC2)oc(C(C)C)c1C(=O)O. The van der Waals surface area contributed by atoms with Crippen LogP contribution in [0.5, 0.6) is 0 Å². The molecule has 1 N–H and O–H groups in total. The van der Waals surface area contributed by atoms with Gasteiger partial charge in [-0.1, -0.05) is 13.8 Å². The van der Waals surface area contributed by atoms with E-state index >= 15 is 0 Å². The van der Waals surface area contributed by atoms with Gasteiger partial charge in [-0.15, -0.1) is 0 Å². The zero-order valence-corrected chi connectivity index (χ0v) is 11.2. The van der Waals surface area contributed by atoms with E-state index in [2.05, 4.69) is 0 Å². The molecule has 4 heteroatoms. The molecule has 1 aliphatic heterocycles. The van der Waals surface area contributed by atoms with Crippen LogP contribution in [0.1, 0.15) is 66.0 Å². The summed E-state index contributed by atoms with van der Waals surface area (Å²) in [5.41, 5.74) is 1.14. The molecule has 0 unspecified atom stereocenters. The lowest BCUT2D eigenvalue weighted by atomic mass is 9.93. The maximum atomic E-state index is 11.4. The van der Waals surface area contributed by atoms with E-state index in [1.165, 1.54) is 0 Å². The van der Waals surface area contributed by atoms with Crippen molar-refractivity contribution >= 4 is 5.97 Å². The van der Waals surface area contributed by atoms with Crippen LogP contribution in [0, 0.1) is 6.92 Å². The Hall–Kier alpha value is -1.29. The largest absolute Gasteiger partial charge is 0.478 e. The van der Waals surface area contributed by atoms with Gasteiger partial charge in [0.2, 0.25) is 0 Å². The van der Waals surface area contributed by atoms with Crippen LogP contribution in [0.4, 0.5) is 0 Å². The number of furan rings is 1. The lowest BCUT2D eigenvalue weighted by Crippen LogP contribution is -2.14. The van der Waals surface area contributed by atoms with E-state index in [1.807, 2.05) is 20.8 Å². The third kappa shape index (κ3) is 2.29. The average molecular weight is 252 g/mol. The second kappa shape index (κ2) is 5.14. The Labute approximate surface area is 107 Å². The molecule has 0 aliphatic carbocycles. The number of rotatable bonds is 3. The van der Waals surface area contributed by atoms with Gasteiger partial charge in [0.25, 0.3) is 0 Å². The molecule has 100 valence electrons. The Morgan fingerprint density at radius 3 is 2.39 bits per heavy atom. The topological polar surface area (TPSA) is 59.7 Å². The zero-order valence-electron chi connectivity index (χ0n) is 11.2. The summed E-state index contributed by atoms with van der Waals surface area (Å²) in [6.45, 7) is 7.22. The number of hydrogen-bond donors (Lipinski definition) is 1. The van der Waals surface area contributed by atoms with Crippen LogP contribution >= 0.6 is 0 Å². The number of carbonyl (C=O) groups is 1. The molecule has 0 atom stereocenters. The van der Waals surface area contributed by atoms with E-state index in [9.17, 15) is 9.90 Å². The Balaban J connectivity index is 2.42. The Morgan fingerprint density at radius 1 is 1.33 bits per heavy atom. The van der Waals surface area contributed by atoms with Gasteiger partial charge in [0.05, 0.1) is 0 Å². The summed E-state index contributed by atoms with van der Waals surface area (Å²) in [5.74, 6) is 0.937. The Kier molecular flexibility index (Phi) is 3.76. The molecular weight excluding hydrogens is 232 g/mol. The van der Waals surface area contributed by atoms with Gasteiger partial charge >= 0.3 is 5.97 Å². The van der Waals surface area contributed by atoms with Crippen molar-refractivity contribution in [3.8, 4) is 0 Å². The minimum Gasteiger partial charge on any atom is -0.478 e. The van der Waals surface area contributed by atoms with E-state index in [1.54, 1.807) is 0 Å². The van der Waals surface area contributed by atoms with Gasteiger partial charge in [-0.2, -0.15) is 0 Å². The minimum absolute atomic E-state index is 0.0865. The number of carboxylic acids is 1. The molecule has 1 aliphatic rings. The highest BCUT2D eigenvalue weighted by Gasteiger charge is 2.29. The predicted octanol–water partition coefficient (Wildman–Crippen LogP) is 3.30. The molecule has 0 spiro atoms. The summed E-state index contributed by atoms with van der Waals surface area (Å²) in [4.78, 5) is 11.4. The first-order valence-electron chi connectivity index (χ1n) is 6.46. The molecule has 0 saturated carbocycles. The second-order valence-corrected chi connectivity index (χ2v) is 5.18. The van der Waals surface area contributed by atoms with Crippen molar-refractivity contribution < 1.29 is 19.1 Å². The van der Waals surface area contributed by atoms with Gasteiger partial charge in [0.1, 0.15) is 17.1 Å². The van der Waals surface area contributed by atoms with E-state index < -0.39 is 5.97 Å². The fourth-order valence-corrected chi connectivity index (χ4v) is 2.58. The van der Waals surface area contributed by atoms with Crippen molar-refractivity contribution in [2.24, 2.45) is 0 Å². The zero-order chi connectivity index (χ0) is 13.3. The monoisotopic (exact) mass is 252 g/mol. The quantitative estimate of drug-likeness (QED) is 0.896. The maximum absolute atomic E-state index is 11.4. The van der Waals surface area contributed by atoms with Crippen LogP contribution in [-0.2, 0) is 4.74 Å². The average Bonchev–Trinajstić information content (AvgIpc) is 2.68. The van der Waals surface area contributed by atoms with Gasteiger partial charge in [0, 0.05) is 30.6 Å². The summed E-state index contributed by atoms with van der Waals surface area (Å²) >= 11 is 0. The van der Waals surface area contributed by atoms with Crippen molar-refractivity contribution in [3.05, 3.63) is 22.6 Å². The first-order valence-corrected chi connectivity index (χ1v) is 6.46. The smallest absolute Gasteiger partial charge is 0.339 e. The van der Waals surface area contributed by atoms with Crippen molar-refractivity contribution in [2.45, 2.75) is 45.4 Å². The number of hydrogen-bond acceptors (Lipinski definition) is 3. The predicted molar refractivity (Wildman–Crippen MR) is 67.3 cm³/mol. The third-order valence-corrected chi connectivity index (χ3v) is 3.54.